The van der Waals surface area contributed by atoms with Crippen molar-refractivity contribution in [2.24, 2.45) is 0 Å². The van der Waals surface area contributed by atoms with Crippen LogP contribution in [-0.2, 0) is 11.3 Å². The number of rotatable bonds is 3. The molecule has 2 N–H and O–H groups in total. The van der Waals surface area contributed by atoms with Crippen LogP contribution in [0, 0.1) is 6.92 Å². The highest BCUT2D eigenvalue weighted by Gasteiger charge is 2.23. The summed E-state index contributed by atoms with van der Waals surface area (Å²) < 4.78 is 0. The molecule has 3 rings (SSSR count). The highest BCUT2D eigenvalue weighted by atomic mass is 32.1. The second kappa shape index (κ2) is 5.21. The first-order valence-corrected chi connectivity index (χ1v) is 7.32. The van der Waals surface area contributed by atoms with Crippen molar-refractivity contribution in [1.29, 1.82) is 0 Å². The Labute approximate surface area is 125 Å². The van der Waals surface area contributed by atoms with Gasteiger partial charge in [-0.1, -0.05) is 12.1 Å². The summed E-state index contributed by atoms with van der Waals surface area (Å²) in [6, 6.07) is 9.31. The summed E-state index contributed by atoms with van der Waals surface area (Å²) in [7, 11) is 0. The van der Waals surface area contributed by atoms with E-state index in [2.05, 4.69) is 5.32 Å². The Balaban J connectivity index is 1.92. The van der Waals surface area contributed by atoms with Gasteiger partial charge in [0.15, 0.2) is 0 Å². The molecule has 0 aliphatic carbocycles. The Hall–Kier alpha value is -2.34. The predicted molar refractivity (Wildman–Crippen MR) is 82.1 cm³/mol. The molecule has 0 radical (unpaired) electrons. The number of fused-ring (bicyclic) bond motifs is 1. The summed E-state index contributed by atoms with van der Waals surface area (Å²) in [5, 5.41) is 11.9. The number of carboxylic acids is 1. The minimum atomic E-state index is -0.911. The summed E-state index contributed by atoms with van der Waals surface area (Å²) in [6.07, 6.45) is 0. The van der Waals surface area contributed by atoms with Crippen LogP contribution in [0.5, 0.6) is 0 Å². The van der Waals surface area contributed by atoms with Gasteiger partial charge >= 0.3 is 5.97 Å². The molecule has 2 heterocycles. The molecule has 0 saturated carbocycles. The zero-order chi connectivity index (χ0) is 15.0. The van der Waals surface area contributed by atoms with Crippen molar-refractivity contribution in [3.05, 3.63) is 45.6 Å². The molecule has 0 saturated heterocycles. The maximum atomic E-state index is 11.8. The number of anilines is 2. The van der Waals surface area contributed by atoms with E-state index in [0.717, 1.165) is 21.8 Å². The van der Waals surface area contributed by atoms with Gasteiger partial charge in [0.05, 0.1) is 17.9 Å². The molecule has 1 amide bonds. The van der Waals surface area contributed by atoms with Crippen LogP contribution < -0.4 is 10.2 Å². The number of hydrogen-bond acceptors (Lipinski definition) is 4. The number of benzene rings is 1. The zero-order valence-corrected chi connectivity index (χ0v) is 12.2. The summed E-state index contributed by atoms with van der Waals surface area (Å²) in [4.78, 5) is 26.1. The molecule has 0 fully saturated rings. The van der Waals surface area contributed by atoms with Gasteiger partial charge in [-0.3, -0.25) is 4.79 Å². The minimum absolute atomic E-state index is 0.0555. The first-order valence-electron chi connectivity index (χ1n) is 6.51. The van der Waals surface area contributed by atoms with Gasteiger partial charge in [0.2, 0.25) is 5.91 Å². The van der Waals surface area contributed by atoms with Gasteiger partial charge in [-0.25, -0.2) is 4.79 Å². The average molecular weight is 302 g/mol. The third-order valence-electron chi connectivity index (χ3n) is 3.45. The predicted octanol–water partition coefficient (Wildman–Crippen LogP) is 2.71. The Morgan fingerprint density at radius 3 is 2.90 bits per heavy atom. The topological polar surface area (TPSA) is 69.6 Å². The Morgan fingerprint density at radius 2 is 2.19 bits per heavy atom. The van der Waals surface area contributed by atoms with E-state index in [1.165, 1.54) is 11.3 Å². The van der Waals surface area contributed by atoms with E-state index in [4.69, 9.17) is 5.11 Å². The maximum absolute atomic E-state index is 11.8. The molecule has 0 atom stereocenters. The van der Waals surface area contributed by atoms with Gasteiger partial charge in [-0.2, -0.15) is 0 Å². The Bertz CT molecular complexity index is 723. The number of nitrogens with one attached hydrogen (secondary N) is 1. The average Bonchev–Trinajstić information content (AvgIpc) is 2.80. The van der Waals surface area contributed by atoms with Crippen molar-refractivity contribution in [2.75, 3.05) is 16.8 Å². The van der Waals surface area contributed by atoms with Crippen LogP contribution in [0.1, 0.15) is 20.1 Å². The normalized spacial score (nSPS) is 13.8. The number of hydrogen-bond donors (Lipinski definition) is 2. The van der Waals surface area contributed by atoms with Crippen molar-refractivity contribution in [2.45, 2.75) is 13.5 Å². The van der Waals surface area contributed by atoms with Crippen LogP contribution >= 0.6 is 11.3 Å². The highest BCUT2D eigenvalue weighted by molar-refractivity contribution is 7.14. The van der Waals surface area contributed by atoms with Gasteiger partial charge in [0, 0.05) is 11.4 Å². The minimum Gasteiger partial charge on any atom is -0.477 e. The quantitative estimate of drug-likeness (QED) is 0.914. The first kappa shape index (κ1) is 13.6. The van der Waals surface area contributed by atoms with Crippen LogP contribution in [0.2, 0.25) is 0 Å². The number of carbonyl (C=O) groups is 2. The van der Waals surface area contributed by atoms with Crippen LogP contribution in [0.25, 0.3) is 0 Å². The smallest absolute Gasteiger partial charge is 0.345 e. The lowest BCUT2D eigenvalue weighted by molar-refractivity contribution is -0.115. The van der Waals surface area contributed by atoms with Crippen molar-refractivity contribution in [3.8, 4) is 0 Å². The Kier molecular flexibility index (Phi) is 3.39. The van der Waals surface area contributed by atoms with E-state index in [0.29, 0.717) is 11.4 Å². The molecule has 5 nitrogen and oxygen atoms in total. The van der Waals surface area contributed by atoms with Crippen molar-refractivity contribution in [3.63, 3.8) is 0 Å². The molecule has 0 unspecified atom stereocenters. The van der Waals surface area contributed by atoms with E-state index < -0.39 is 5.97 Å². The summed E-state index contributed by atoms with van der Waals surface area (Å²) in [5.74, 6) is -0.967. The van der Waals surface area contributed by atoms with Crippen molar-refractivity contribution >= 4 is 34.6 Å². The summed E-state index contributed by atoms with van der Waals surface area (Å²) in [5.41, 5.74) is 2.70. The first-order chi connectivity index (χ1) is 10.0. The van der Waals surface area contributed by atoms with E-state index in [1.807, 2.05) is 36.1 Å². The molecule has 1 aliphatic heterocycles. The molecule has 0 spiro atoms. The number of thiophene rings is 1. The van der Waals surface area contributed by atoms with Crippen LogP contribution in [-0.4, -0.2) is 23.5 Å². The number of carbonyl (C=O) groups excluding carboxylic acids is 1. The molecule has 2 aromatic rings. The van der Waals surface area contributed by atoms with Gasteiger partial charge < -0.3 is 15.3 Å². The second-order valence-electron chi connectivity index (χ2n) is 4.92. The molecular formula is C15H14N2O3S. The van der Waals surface area contributed by atoms with Gasteiger partial charge in [0.25, 0.3) is 0 Å². The lowest BCUT2D eigenvalue weighted by atomic mass is 10.1. The molecule has 1 aromatic carbocycles. The maximum Gasteiger partial charge on any atom is 0.345 e. The molecule has 21 heavy (non-hydrogen) atoms. The molecular weight excluding hydrogens is 288 g/mol. The molecule has 6 heteroatoms. The molecule has 1 aliphatic rings. The SMILES string of the molecule is Cc1sc(C(=O)O)cc1CN1CC(=O)Nc2ccccc21. The van der Waals surface area contributed by atoms with E-state index in [1.54, 1.807) is 6.07 Å². The monoisotopic (exact) mass is 302 g/mol. The Morgan fingerprint density at radius 1 is 1.43 bits per heavy atom. The second-order valence-corrected chi connectivity index (χ2v) is 6.17. The third-order valence-corrected chi connectivity index (χ3v) is 4.53. The number of amides is 1. The molecule has 1 aromatic heterocycles. The van der Waals surface area contributed by atoms with Gasteiger partial charge in [-0.15, -0.1) is 11.3 Å². The highest BCUT2D eigenvalue weighted by Crippen LogP contribution is 2.31. The number of aromatic carboxylic acids is 1. The standard InChI is InChI=1S/C15H14N2O3S/c1-9-10(6-13(21-9)15(19)20)7-17-8-14(18)16-11-4-2-3-5-12(11)17/h2-6H,7-8H2,1H3,(H,16,18)(H,19,20). The molecule has 0 bridgehead atoms. The van der Waals surface area contributed by atoms with Crippen LogP contribution in [0.4, 0.5) is 11.4 Å². The van der Waals surface area contributed by atoms with E-state index in [9.17, 15) is 9.59 Å². The zero-order valence-electron chi connectivity index (χ0n) is 11.4. The largest absolute Gasteiger partial charge is 0.477 e. The van der Waals surface area contributed by atoms with E-state index in [-0.39, 0.29) is 12.5 Å². The fourth-order valence-electron chi connectivity index (χ4n) is 2.43. The number of para-hydroxylation sites is 2. The van der Waals surface area contributed by atoms with Gasteiger partial charge in [-0.05, 0) is 30.7 Å². The summed E-state index contributed by atoms with van der Waals surface area (Å²) in [6.45, 7) is 2.71. The number of aryl methyl sites for hydroxylation is 1. The lowest BCUT2D eigenvalue weighted by Gasteiger charge is -2.30. The number of nitrogens with zero attached hydrogens (tertiary/aromatic N) is 1. The third kappa shape index (κ3) is 2.62. The summed E-state index contributed by atoms with van der Waals surface area (Å²) >= 11 is 1.27. The fourth-order valence-corrected chi connectivity index (χ4v) is 3.31. The van der Waals surface area contributed by atoms with E-state index >= 15 is 0 Å². The lowest BCUT2D eigenvalue weighted by Crippen LogP contribution is -2.37. The van der Waals surface area contributed by atoms with Crippen LogP contribution in [0.3, 0.4) is 0 Å². The molecule has 108 valence electrons. The van der Waals surface area contributed by atoms with Crippen LogP contribution in [0.15, 0.2) is 30.3 Å². The fraction of sp³-hybridized carbons (Fsp3) is 0.200. The van der Waals surface area contributed by atoms with Gasteiger partial charge in [0.1, 0.15) is 4.88 Å². The number of carboxylic acid groups (broad SMARTS) is 1. The van der Waals surface area contributed by atoms with Crippen molar-refractivity contribution < 1.29 is 14.7 Å². The van der Waals surface area contributed by atoms with Crippen molar-refractivity contribution in [1.82, 2.24) is 0 Å².